The summed E-state index contributed by atoms with van der Waals surface area (Å²) < 4.78 is 1.77. The third kappa shape index (κ3) is 1.74. The highest BCUT2D eigenvalue weighted by Gasteiger charge is 2.05. The number of nitrogens with one attached hydrogen (secondary N) is 1. The Balaban J connectivity index is 2.22. The number of nitrogens with zero attached hydrogens (tertiary/aromatic N) is 4. The van der Waals surface area contributed by atoms with Crippen LogP contribution in [0.5, 0.6) is 0 Å². The van der Waals surface area contributed by atoms with E-state index in [4.69, 9.17) is 0 Å². The number of rotatable bonds is 2. The molecule has 0 radical (unpaired) electrons. The van der Waals surface area contributed by atoms with Gasteiger partial charge in [-0.15, -0.1) is 10.2 Å². The molecule has 6 heteroatoms. The fourth-order valence-corrected chi connectivity index (χ4v) is 1.79. The number of hydrogen-bond donors (Lipinski definition) is 1. The lowest BCUT2D eigenvalue weighted by Crippen LogP contribution is -1.89. The zero-order valence-electron chi connectivity index (χ0n) is 8.27. The maximum atomic E-state index is 4.22. The second-order valence-corrected chi connectivity index (χ2v) is 4.23. The van der Waals surface area contributed by atoms with Gasteiger partial charge in [0.05, 0.1) is 11.4 Å². The summed E-state index contributed by atoms with van der Waals surface area (Å²) in [5.74, 6) is 0. The Morgan fingerprint density at radius 2 is 2.14 bits per heavy atom. The topological polar surface area (TPSA) is 55.6 Å². The molecule has 5 nitrogen and oxygen atoms in total. The molecule has 0 atom stereocenters. The highest BCUT2D eigenvalue weighted by atomic mass is 32.1. The van der Waals surface area contributed by atoms with Gasteiger partial charge >= 0.3 is 0 Å². The normalized spacial score (nSPS) is 10.5. The minimum atomic E-state index is 0.804. The predicted octanol–water partition coefficient (Wildman–Crippen LogP) is 1.63. The van der Waals surface area contributed by atoms with Crippen LogP contribution < -0.4 is 5.32 Å². The Hall–Kier alpha value is -1.43. The quantitative estimate of drug-likeness (QED) is 0.816. The van der Waals surface area contributed by atoms with Gasteiger partial charge in [0.15, 0.2) is 0 Å². The van der Waals surface area contributed by atoms with Crippen LogP contribution >= 0.6 is 11.3 Å². The van der Waals surface area contributed by atoms with Crippen molar-refractivity contribution in [2.75, 3.05) is 5.32 Å². The van der Waals surface area contributed by atoms with Gasteiger partial charge in [-0.2, -0.15) is 5.10 Å². The van der Waals surface area contributed by atoms with Crippen LogP contribution in [0.25, 0.3) is 0 Å². The molecule has 14 heavy (non-hydrogen) atoms. The van der Waals surface area contributed by atoms with Crippen LogP contribution in [0.2, 0.25) is 0 Å². The van der Waals surface area contributed by atoms with Crippen LogP contribution in [0.4, 0.5) is 10.8 Å². The first kappa shape index (κ1) is 9.14. The molecule has 0 aliphatic rings. The van der Waals surface area contributed by atoms with Crippen molar-refractivity contribution in [1.29, 1.82) is 0 Å². The fourth-order valence-electron chi connectivity index (χ4n) is 1.18. The van der Waals surface area contributed by atoms with Gasteiger partial charge in [0.2, 0.25) is 5.13 Å². The molecule has 2 heterocycles. The zero-order chi connectivity index (χ0) is 10.1. The summed E-state index contributed by atoms with van der Waals surface area (Å²) in [4.78, 5) is 0. The van der Waals surface area contributed by atoms with Crippen molar-refractivity contribution in [2.24, 2.45) is 7.05 Å². The Kier molecular flexibility index (Phi) is 2.20. The van der Waals surface area contributed by atoms with E-state index in [0.717, 1.165) is 21.5 Å². The van der Waals surface area contributed by atoms with E-state index in [9.17, 15) is 0 Å². The zero-order valence-corrected chi connectivity index (χ0v) is 9.09. The van der Waals surface area contributed by atoms with Crippen molar-refractivity contribution >= 4 is 22.2 Å². The van der Waals surface area contributed by atoms with E-state index in [1.165, 1.54) is 11.3 Å². The van der Waals surface area contributed by atoms with Crippen LogP contribution in [-0.4, -0.2) is 20.0 Å². The monoisotopic (exact) mass is 209 g/mol. The fraction of sp³-hybridized carbons (Fsp3) is 0.375. The molecule has 0 amide bonds. The summed E-state index contributed by atoms with van der Waals surface area (Å²) in [6, 6.07) is 0. The van der Waals surface area contributed by atoms with Gasteiger partial charge in [0.25, 0.3) is 0 Å². The second kappa shape index (κ2) is 3.38. The molecule has 0 aliphatic heterocycles. The van der Waals surface area contributed by atoms with Gasteiger partial charge in [-0.25, -0.2) is 0 Å². The molecule has 2 rings (SSSR count). The lowest BCUT2D eigenvalue weighted by Gasteiger charge is -1.96. The first-order valence-electron chi connectivity index (χ1n) is 4.22. The second-order valence-electron chi connectivity index (χ2n) is 3.05. The van der Waals surface area contributed by atoms with Crippen molar-refractivity contribution < 1.29 is 0 Å². The first-order valence-corrected chi connectivity index (χ1v) is 5.04. The Morgan fingerprint density at radius 1 is 1.36 bits per heavy atom. The standard InChI is InChI=1S/C8H11N5S/c1-5-7(4-13(3)12-5)9-8-11-10-6(2)14-8/h4H,1-3H3,(H,9,11). The number of hydrogen-bond acceptors (Lipinski definition) is 5. The third-order valence-corrected chi connectivity index (χ3v) is 2.54. The average molecular weight is 209 g/mol. The van der Waals surface area contributed by atoms with E-state index >= 15 is 0 Å². The van der Waals surface area contributed by atoms with E-state index in [-0.39, 0.29) is 0 Å². The van der Waals surface area contributed by atoms with Gasteiger partial charge in [-0.1, -0.05) is 11.3 Å². The van der Waals surface area contributed by atoms with Gasteiger partial charge in [0.1, 0.15) is 5.01 Å². The van der Waals surface area contributed by atoms with Crippen LogP contribution in [0.1, 0.15) is 10.7 Å². The summed E-state index contributed by atoms with van der Waals surface area (Å²) in [5.41, 5.74) is 1.93. The van der Waals surface area contributed by atoms with Crippen molar-refractivity contribution in [1.82, 2.24) is 20.0 Å². The summed E-state index contributed by atoms with van der Waals surface area (Å²) in [6.45, 7) is 3.88. The molecule has 0 spiro atoms. The van der Waals surface area contributed by atoms with Crippen molar-refractivity contribution in [3.05, 3.63) is 16.9 Å². The average Bonchev–Trinajstić information content (AvgIpc) is 2.61. The minimum Gasteiger partial charge on any atom is -0.327 e. The summed E-state index contributed by atoms with van der Waals surface area (Å²) in [5, 5.41) is 17.1. The van der Waals surface area contributed by atoms with Crippen LogP contribution in [0.3, 0.4) is 0 Å². The van der Waals surface area contributed by atoms with E-state index in [1.54, 1.807) is 4.68 Å². The van der Waals surface area contributed by atoms with E-state index in [2.05, 4.69) is 20.6 Å². The summed E-state index contributed by atoms with van der Waals surface area (Å²) in [7, 11) is 1.89. The summed E-state index contributed by atoms with van der Waals surface area (Å²) in [6.07, 6.45) is 1.92. The molecule has 0 aromatic carbocycles. The molecule has 0 saturated heterocycles. The summed E-state index contributed by atoms with van der Waals surface area (Å²) >= 11 is 1.53. The molecular formula is C8H11N5S. The lowest BCUT2D eigenvalue weighted by molar-refractivity contribution is 0.756. The van der Waals surface area contributed by atoms with Gasteiger partial charge < -0.3 is 5.32 Å². The molecule has 0 fully saturated rings. The first-order chi connectivity index (χ1) is 6.65. The molecule has 74 valence electrons. The smallest absolute Gasteiger partial charge is 0.210 e. The molecule has 0 aliphatic carbocycles. The molecule has 1 N–H and O–H groups in total. The molecular weight excluding hydrogens is 198 g/mol. The predicted molar refractivity (Wildman–Crippen MR) is 55.9 cm³/mol. The van der Waals surface area contributed by atoms with Gasteiger partial charge in [0, 0.05) is 13.2 Å². The van der Waals surface area contributed by atoms with E-state index < -0.39 is 0 Å². The molecule has 2 aromatic rings. The maximum Gasteiger partial charge on any atom is 0.210 e. The van der Waals surface area contributed by atoms with Crippen molar-refractivity contribution in [3.63, 3.8) is 0 Å². The van der Waals surface area contributed by atoms with Crippen LogP contribution in [0.15, 0.2) is 6.20 Å². The largest absolute Gasteiger partial charge is 0.327 e. The van der Waals surface area contributed by atoms with Crippen LogP contribution in [-0.2, 0) is 7.05 Å². The SMILES string of the molecule is Cc1nnc(Nc2cn(C)nc2C)s1. The van der Waals surface area contributed by atoms with Crippen LogP contribution in [0, 0.1) is 13.8 Å². The molecule has 0 unspecified atom stereocenters. The van der Waals surface area contributed by atoms with E-state index in [1.807, 2.05) is 27.1 Å². The number of anilines is 2. The Morgan fingerprint density at radius 3 is 2.64 bits per heavy atom. The maximum absolute atomic E-state index is 4.22. The highest BCUT2D eigenvalue weighted by molar-refractivity contribution is 7.15. The number of aromatic nitrogens is 4. The molecule has 0 saturated carbocycles. The lowest BCUT2D eigenvalue weighted by atomic mass is 10.4. The molecule has 2 aromatic heterocycles. The minimum absolute atomic E-state index is 0.804. The molecule has 0 bridgehead atoms. The highest BCUT2D eigenvalue weighted by Crippen LogP contribution is 2.21. The van der Waals surface area contributed by atoms with Crippen molar-refractivity contribution in [2.45, 2.75) is 13.8 Å². The van der Waals surface area contributed by atoms with E-state index in [0.29, 0.717) is 0 Å². The van der Waals surface area contributed by atoms with Crippen molar-refractivity contribution in [3.8, 4) is 0 Å². The van der Waals surface area contributed by atoms with Gasteiger partial charge in [-0.3, -0.25) is 4.68 Å². The number of aryl methyl sites for hydroxylation is 3. The van der Waals surface area contributed by atoms with Gasteiger partial charge in [-0.05, 0) is 13.8 Å². The Bertz CT molecular complexity index is 444. The third-order valence-electron chi connectivity index (χ3n) is 1.78. The Labute approximate surface area is 85.8 Å².